The maximum atomic E-state index is 13.1. The number of aliphatic hydroxyl groups is 1. The number of hydrogen-bond donors (Lipinski definition) is 1. The van der Waals surface area contributed by atoms with Gasteiger partial charge in [0, 0.05) is 11.6 Å². The van der Waals surface area contributed by atoms with E-state index in [9.17, 15) is 14.7 Å². The van der Waals surface area contributed by atoms with E-state index in [1.807, 2.05) is 31.2 Å². The second-order valence-electron chi connectivity index (χ2n) is 7.52. The molecule has 1 atom stereocenters. The third kappa shape index (κ3) is 4.43. The van der Waals surface area contributed by atoms with Gasteiger partial charge in [-0.15, -0.1) is 0 Å². The molecule has 0 bridgehead atoms. The molecule has 164 valence electrons. The third-order valence-electron chi connectivity index (χ3n) is 5.49. The number of benzene rings is 2. The number of nitrogens with zero attached hydrogens (tertiary/aromatic N) is 1. The summed E-state index contributed by atoms with van der Waals surface area (Å²) in [5.74, 6) is -1.53. The smallest absolute Gasteiger partial charge is 0.295 e. The summed E-state index contributed by atoms with van der Waals surface area (Å²) in [5.41, 5.74) is 1.88. The fourth-order valence-corrected chi connectivity index (χ4v) is 4.52. The number of carbonyl (C=O) groups excluding carboxylic acids is 2. The highest BCUT2D eigenvalue weighted by atomic mass is 35.5. The van der Waals surface area contributed by atoms with Gasteiger partial charge in [-0.25, -0.2) is 0 Å². The standard InChI is InChI=1S/C24H25Cl2NO4/c1-4-5-8-11-27-20(16-10-7-6-9-14(16)2)19(22(29)24(27)30)21(28)17-12-15(25)13-18(26)23(17)31-3/h6-7,9-10,12-13,20,28H,4-5,8,11H2,1-3H3/b21-19+. The Morgan fingerprint density at radius 1 is 1.16 bits per heavy atom. The Bertz CT molecular complexity index is 1050. The van der Waals surface area contributed by atoms with E-state index in [0.717, 1.165) is 30.4 Å². The minimum atomic E-state index is -0.736. The van der Waals surface area contributed by atoms with E-state index in [-0.39, 0.29) is 32.7 Å². The number of ether oxygens (including phenoxy) is 1. The Labute approximate surface area is 192 Å². The van der Waals surface area contributed by atoms with Crippen molar-refractivity contribution in [2.75, 3.05) is 13.7 Å². The van der Waals surface area contributed by atoms with Crippen LogP contribution in [0.15, 0.2) is 42.0 Å². The average molecular weight is 462 g/mol. The minimum absolute atomic E-state index is 0.00688. The van der Waals surface area contributed by atoms with Gasteiger partial charge in [0.1, 0.15) is 11.5 Å². The number of Topliss-reactive ketones (excluding diaryl/α,β-unsaturated/α-hetero) is 1. The summed E-state index contributed by atoms with van der Waals surface area (Å²) in [7, 11) is 1.41. The highest BCUT2D eigenvalue weighted by molar-refractivity contribution is 6.46. The lowest BCUT2D eigenvalue weighted by Gasteiger charge is -2.26. The summed E-state index contributed by atoms with van der Waals surface area (Å²) in [6.45, 7) is 4.40. The highest BCUT2D eigenvalue weighted by Gasteiger charge is 2.46. The second-order valence-corrected chi connectivity index (χ2v) is 8.37. The van der Waals surface area contributed by atoms with Crippen LogP contribution in [0.3, 0.4) is 0 Å². The van der Waals surface area contributed by atoms with Crippen LogP contribution in [-0.4, -0.2) is 35.4 Å². The summed E-state index contributed by atoms with van der Waals surface area (Å²) < 4.78 is 5.35. The van der Waals surface area contributed by atoms with Gasteiger partial charge in [0.25, 0.3) is 11.7 Å². The van der Waals surface area contributed by atoms with Crippen LogP contribution in [0.4, 0.5) is 0 Å². The first-order chi connectivity index (χ1) is 14.8. The summed E-state index contributed by atoms with van der Waals surface area (Å²) in [4.78, 5) is 27.6. The summed E-state index contributed by atoms with van der Waals surface area (Å²) in [5, 5.41) is 11.7. The van der Waals surface area contributed by atoms with Gasteiger partial charge in [0.15, 0.2) is 0 Å². The number of rotatable bonds is 7. The predicted molar refractivity (Wildman–Crippen MR) is 123 cm³/mol. The van der Waals surface area contributed by atoms with E-state index in [2.05, 4.69) is 6.92 Å². The van der Waals surface area contributed by atoms with Gasteiger partial charge >= 0.3 is 0 Å². The molecule has 0 radical (unpaired) electrons. The fourth-order valence-electron chi connectivity index (χ4n) is 3.95. The van der Waals surface area contributed by atoms with Gasteiger partial charge in [-0.2, -0.15) is 0 Å². The minimum Gasteiger partial charge on any atom is -0.507 e. The molecule has 3 rings (SSSR count). The molecular weight excluding hydrogens is 437 g/mol. The lowest BCUT2D eigenvalue weighted by atomic mass is 9.92. The monoisotopic (exact) mass is 461 g/mol. The van der Waals surface area contributed by atoms with Crippen LogP contribution in [0.1, 0.15) is 48.9 Å². The predicted octanol–water partition coefficient (Wildman–Crippen LogP) is 5.92. The Kier molecular flexibility index (Phi) is 7.29. The van der Waals surface area contributed by atoms with Crippen LogP contribution < -0.4 is 4.74 Å². The molecule has 7 heteroatoms. The zero-order chi connectivity index (χ0) is 22.7. The molecule has 1 amide bonds. The van der Waals surface area contributed by atoms with Gasteiger partial charge in [0.2, 0.25) is 0 Å². The number of carbonyl (C=O) groups is 2. The molecule has 1 saturated heterocycles. The van der Waals surface area contributed by atoms with Gasteiger partial charge in [-0.1, -0.05) is 67.2 Å². The molecule has 1 aliphatic rings. The van der Waals surface area contributed by atoms with E-state index in [1.54, 1.807) is 4.90 Å². The van der Waals surface area contributed by atoms with Crippen molar-refractivity contribution in [2.24, 2.45) is 0 Å². The zero-order valence-corrected chi connectivity index (χ0v) is 19.3. The molecule has 1 N–H and O–H groups in total. The van der Waals surface area contributed by atoms with Crippen molar-refractivity contribution in [3.05, 3.63) is 68.7 Å². The molecule has 1 unspecified atom stereocenters. The maximum Gasteiger partial charge on any atom is 0.295 e. The Balaban J connectivity index is 2.24. The van der Waals surface area contributed by atoms with Crippen molar-refractivity contribution in [1.29, 1.82) is 0 Å². The molecule has 31 heavy (non-hydrogen) atoms. The molecule has 0 aromatic heterocycles. The summed E-state index contributed by atoms with van der Waals surface area (Å²) in [6, 6.07) is 9.78. The molecule has 5 nitrogen and oxygen atoms in total. The number of amides is 1. The van der Waals surface area contributed by atoms with E-state index in [0.29, 0.717) is 6.54 Å². The average Bonchev–Trinajstić information content (AvgIpc) is 2.98. The number of unbranched alkanes of at least 4 members (excludes halogenated alkanes) is 2. The van der Waals surface area contributed by atoms with Crippen molar-refractivity contribution in [3.63, 3.8) is 0 Å². The van der Waals surface area contributed by atoms with Gasteiger partial charge in [-0.3, -0.25) is 9.59 Å². The van der Waals surface area contributed by atoms with Crippen molar-refractivity contribution in [1.82, 2.24) is 4.90 Å². The molecule has 0 aliphatic carbocycles. The normalized spacial score (nSPS) is 18.0. The van der Waals surface area contributed by atoms with Crippen molar-refractivity contribution >= 4 is 40.7 Å². The van der Waals surface area contributed by atoms with Crippen LogP contribution >= 0.6 is 23.2 Å². The molecule has 1 aliphatic heterocycles. The summed E-state index contributed by atoms with van der Waals surface area (Å²) in [6.07, 6.45) is 2.68. The number of hydrogen-bond acceptors (Lipinski definition) is 4. The van der Waals surface area contributed by atoms with Gasteiger partial charge in [0.05, 0.1) is 29.3 Å². The molecular formula is C24H25Cl2NO4. The third-order valence-corrected chi connectivity index (χ3v) is 5.99. The van der Waals surface area contributed by atoms with E-state index in [4.69, 9.17) is 27.9 Å². The Hall–Kier alpha value is -2.50. The molecule has 2 aromatic rings. The first kappa shape index (κ1) is 23.2. The number of ketones is 1. The largest absolute Gasteiger partial charge is 0.507 e. The lowest BCUT2D eigenvalue weighted by Crippen LogP contribution is -2.31. The molecule has 0 spiro atoms. The van der Waals surface area contributed by atoms with Crippen molar-refractivity contribution in [3.8, 4) is 5.75 Å². The fraction of sp³-hybridized carbons (Fsp3) is 0.333. The maximum absolute atomic E-state index is 13.1. The van der Waals surface area contributed by atoms with Crippen molar-refractivity contribution in [2.45, 2.75) is 39.2 Å². The highest BCUT2D eigenvalue weighted by Crippen LogP contribution is 2.43. The van der Waals surface area contributed by atoms with Crippen molar-refractivity contribution < 1.29 is 19.4 Å². The van der Waals surface area contributed by atoms with Crippen LogP contribution in [0.5, 0.6) is 5.75 Å². The molecule has 2 aromatic carbocycles. The molecule has 1 fully saturated rings. The first-order valence-corrected chi connectivity index (χ1v) is 10.9. The SMILES string of the molecule is CCCCCN1C(=O)C(=O)/C(=C(/O)c2cc(Cl)cc(Cl)c2OC)C1c1ccccc1C. The van der Waals surface area contributed by atoms with Crippen LogP contribution in [0.2, 0.25) is 10.0 Å². The number of aliphatic hydroxyl groups excluding tert-OH is 1. The van der Waals surface area contributed by atoms with Gasteiger partial charge in [-0.05, 0) is 36.6 Å². The molecule has 0 saturated carbocycles. The number of likely N-dealkylation sites (tertiary alicyclic amines) is 1. The lowest BCUT2D eigenvalue weighted by molar-refractivity contribution is -0.139. The van der Waals surface area contributed by atoms with E-state index < -0.39 is 17.7 Å². The Morgan fingerprint density at radius 2 is 1.87 bits per heavy atom. The van der Waals surface area contributed by atoms with Crippen LogP contribution in [-0.2, 0) is 9.59 Å². The van der Waals surface area contributed by atoms with Gasteiger partial charge < -0.3 is 14.7 Å². The quantitative estimate of drug-likeness (QED) is 0.240. The molecule has 1 heterocycles. The van der Waals surface area contributed by atoms with Crippen LogP contribution in [0, 0.1) is 6.92 Å². The Morgan fingerprint density at radius 3 is 2.52 bits per heavy atom. The number of aryl methyl sites for hydroxylation is 1. The number of methoxy groups -OCH3 is 1. The topological polar surface area (TPSA) is 66.8 Å². The second kappa shape index (κ2) is 9.75. The van der Waals surface area contributed by atoms with Crippen LogP contribution in [0.25, 0.3) is 5.76 Å². The zero-order valence-electron chi connectivity index (χ0n) is 17.7. The first-order valence-electron chi connectivity index (χ1n) is 10.2. The number of halogens is 2. The van der Waals surface area contributed by atoms with E-state index >= 15 is 0 Å². The summed E-state index contributed by atoms with van der Waals surface area (Å²) >= 11 is 12.4. The van der Waals surface area contributed by atoms with E-state index in [1.165, 1.54) is 19.2 Å².